The molecular weight excluding hydrogens is 274 g/mol. The topological polar surface area (TPSA) is 55.6 Å². The second kappa shape index (κ2) is 7.36. The van der Waals surface area contributed by atoms with Gasteiger partial charge in [-0.15, -0.1) is 0 Å². The summed E-state index contributed by atoms with van der Waals surface area (Å²) in [6.07, 6.45) is 5.15. The summed E-state index contributed by atoms with van der Waals surface area (Å²) >= 11 is 6.27. The Bertz CT molecular complexity index is 540. The van der Waals surface area contributed by atoms with Crippen molar-refractivity contribution in [2.24, 2.45) is 0 Å². The predicted molar refractivity (Wildman–Crippen MR) is 79.7 cm³/mol. The Hall–Kier alpha value is -1.46. The molecule has 5 nitrogen and oxygen atoms in total. The number of hydrogen-bond acceptors (Lipinski definition) is 4. The first-order valence-corrected chi connectivity index (χ1v) is 7.34. The molecule has 0 aromatic carbocycles. The molecular formula is C14H20ClN5. The molecule has 0 bridgehead atoms. The maximum atomic E-state index is 6.27. The fourth-order valence-electron chi connectivity index (χ4n) is 2.13. The van der Waals surface area contributed by atoms with Crippen LogP contribution in [-0.2, 0) is 13.0 Å². The first-order valence-electron chi connectivity index (χ1n) is 6.96. The number of nitrogens with one attached hydrogen (secondary N) is 1. The van der Waals surface area contributed by atoms with E-state index in [0.717, 1.165) is 37.4 Å². The van der Waals surface area contributed by atoms with Gasteiger partial charge in [0.25, 0.3) is 0 Å². The Kier molecular flexibility index (Phi) is 5.49. The molecule has 0 spiro atoms. The summed E-state index contributed by atoms with van der Waals surface area (Å²) in [5.41, 5.74) is 0.869. The van der Waals surface area contributed by atoms with Crippen LogP contribution < -0.4 is 5.32 Å². The molecule has 0 aliphatic rings. The first-order chi connectivity index (χ1) is 9.76. The third kappa shape index (κ3) is 3.55. The lowest BCUT2D eigenvalue weighted by molar-refractivity contribution is 0.488. The average Bonchev–Trinajstić information content (AvgIpc) is 2.91. The molecule has 0 amide bonds. The first kappa shape index (κ1) is 14.9. The highest BCUT2D eigenvalue weighted by Gasteiger charge is 2.18. The van der Waals surface area contributed by atoms with Gasteiger partial charge < -0.3 is 5.32 Å². The fraction of sp³-hybridized carbons (Fsp3) is 0.500. The van der Waals surface area contributed by atoms with Gasteiger partial charge in [0.05, 0.1) is 16.8 Å². The highest BCUT2D eigenvalue weighted by Crippen LogP contribution is 2.23. The highest BCUT2D eigenvalue weighted by atomic mass is 35.5. The van der Waals surface area contributed by atoms with Crippen LogP contribution in [0.15, 0.2) is 24.7 Å². The summed E-state index contributed by atoms with van der Waals surface area (Å²) in [6.45, 7) is 5.92. The van der Waals surface area contributed by atoms with Crippen molar-refractivity contribution in [1.82, 2.24) is 25.1 Å². The zero-order valence-electron chi connectivity index (χ0n) is 11.9. The zero-order chi connectivity index (χ0) is 14.4. The van der Waals surface area contributed by atoms with Gasteiger partial charge in [-0.05, 0) is 32.0 Å². The van der Waals surface area contributed by atoms with Gasteiger partial charge in [-0.2, -0.15) is 5.10 Å². The van der Waals surface area contributed by atoms with E-state index in [1.54, 1.807) is 12.5 Å². The lowest BCUT2D eigenvalue weighted by atomic mass is 10.1. The predicted octanol–water partition coefficient (Wildman–Crippen LogP) is 2.63. The quantitative estimate of drug-likeness (QED) is 0.852. The lowest BCUT2D eigenvalue weighted by Gasteiger charge is -2.18. The van der Waals surface area contributed by atoms with E-state index < -0.39 is 0 Å². The van der Waals surface area contributed by atoms with E-state index in [-0.39, 0.29) is 6.04 Å². The second-order valence-corrected chi connectivity index (χ2v) is 4.98. The number of hydrogen-bond donors (Lipinski definition) is 1. The minimum absolute atomic E-state index is 0.0538. The number of nitrogens with zero attached hydrogens (tertiary/aromatic N) is 4. The minimum Gasteiger partial charge on any atom is -0.308 e. The van der Waals surface area contributed by atoms with Crippen molar-refractivity contribution >= 4 is 11.6 Å². The van der Waals surface area contributed by atoms with Crippen molar-refractivity contribution in [3.63, 3.8) is 0 Å². The summed E-state index contributed by atoms with van der Waals surface area (Å²) in [7, 11) is 0. The summed E-state index contributed by atoms with van der Waals surface area (Å²) < 4.78 is 1.90. The third-order valence-corrected chi connectivity index (χ3v) is 3.46. The van der Waals surface area contributed by atoms with E-state index in [4.69, 9.17) is 11.6 Å². The van der Waals surface area contributed by atoms with Gasteiger partial charge in [-0.3, -0.25) is 9.67 Å². The molecule has 20 heavy (non-hydrogen) atoms. The molecule has 0 saturated carbocycles. The van der Waals surface area contributed by atoms with Crippen LogP contribution in [0.2, 0.25) is 5.02 Å². The van der Waals surface area contributed by atoms with Gasteiger partial charge >= 0.3 is 0 Å². The molecule has 2 aromatic rings. The summed E-state index contributed by atoms with van der Waals surface area (Å²) in [5.74, 6) is 0.947. The van der Waals surface area contributed by atoms with Crippen molar-refractivity contribution in [1.29, 1.82) is 0 Å². The molecule has 1 atom stereocenters. The van der Waals surface area contributed by atoms with E-state index in [0.29, 0.717) is 5.02 Å². The monoisotopic (exact) mass is 293 g/mol. The van der Waals surface area contributed by atoms with Crippen molar-refractivity contribution in [3.8, 4) is 0 Å². The maximum Gasteiger partial charge on any atom is 0.138 e. The van der Waals surface area contributed by atoms with E-state index in [9.17, 15) is 0 Å². The van der Waals surface area contributed by atoms with Gasteiger partial charge in [0.1, 0.15) is 12.2 Å². The van der Waals surface area contributed by atoms with Gasteiger partial charge in [-0.25, -0.2) is 4.98 Å². The smallest absolute Gasteiger partial charge is 0.138 e. The zero-order valence-corrected chi connectivity index (χ0v) is 12.6. The van der Waals surface area contributed by atoms with Crippen molar-refractivity contribution in [2.45, 2.75) is 39.3 Å². The second-order valence-electron chi connectivity index (χ2n) is 4.57. The molecule has 0 radical (unpaired) electrons. The number of pyridine rings is 1. The normalized spacial score (nSPS) is 12.6. The molecule has 2 rings (SSSR count). The van der Waals surface area contributed by atoms with Crippen LogP contribution in [0.1, 0.15) is 37.8 Å². The number of rotatable bonds is 7. The molecule has 2 aromatic heterocycles. The fourth-order valence-corrected chi connectivity index (χ4v) is 2.38. The Balaban J connectivity index is 2.22. The Labute approximate surface area is 124 Å². The third-order valence-electron chi connectivity index (χ3n) is 3.14. The van der Waals surface area contributed by atoms with E-state index >= 15 is 0 Å². The van der Waals surface area contributed by atoms with Crippen molar-refractivity contribution in [2.75, 3.05) is 6.54 Å². The van der Waals surface area contributed by atoms with Gasteiger partial charge in [0, 0.05) is 19.2 Å². The van der Waals surface area contributed by atoms with Gasteiger partial charge in [-0.1, -0.05) is 18.5 Å². The van der Waals surface area contributed by atoms with Crippen LogP contribution >= 0.6 is 11.6 Å². The van der Waals surface area contributed by atoms with Gasteiger partial charge in [0.2, 0.25) is 0 Å². The molecule has 0 aliphatic carbocycles. The number of halogens is 1. The molecule has 6 heteroatoms. The van der Waals surface area contributed by atoms with Crippen molar-refractivity contribution in [3.05, 3.63) is 41.2 Å². The van der Waals surface area contributed by atoms with Crippen LogP contribution in [0.3, 0.4) is 0 Å². The molecule has 108 valence electrons. The lowest BCUT2D eigenvalue weighted by Crippen LogP contribution is -2.26. The standard InChI is InChI=1S/C14H20ClN5/c1-3-7-16-12(14-11(15)6-5-8-17-14)9-13-18-10-19-20(13)4-2/h5-6,8,10,12,16H,3-4,7,9H2,1-2H3. The molecule has 2 heterocycles. The van der Waals surface area contributed by atoms with Crippen LogP contribution in [0.25, 0.3) is 0 Å². The van der Waals surface area contributed by atoms with Crippen LogP contribution in [0.4, 0.5) is 0 Å². The summed E-state index contributed by atoms with van der Waals surface area (Å²) in [4.78, 5) is 8.75. The molecule has 1 unspecified atom stereocenters. The Morgan fingerprint density at radius 3 is 2.90 bits per heavy atom. The molecule has 1 N–H and O–H groups in total. The van der Waals surface area contributed by atoms with E-state index in [1.807, 2.05) is 16.8 Å². The highest BCUT2D eigenvalue weighted by molar-refractivity contribution is 6.31. The van der Waals surface area contributed by atoms with E-state index in [2.05, 4.69) is 34.2 Å². The van der Waals surface area contributed by atoms with Crippen LogP contribution in [0, 0.1) is 0 Å². The summed E-state index contributed by atoms with van der Waals surface area (Å²) in [5, 5.41) is 8.38. The number of aryl methyl sites for hydroxylation is 1. The molecule has 0 fully saturated rings. The average molecular weight is 294 g/mol. The SMILES string of the molecule is CCCNC(Cc1ncnn1CC)c1ncccc1Cl. The van der Waals surface area contributed by atoms with Crippen LogP contribution in [-0.4, -0.2) is 26.3 Å². The van der Waals surface area contributed by atoms with Crippen molar-refractivity contribution < 1.29 is 0 Å². The number of aromatic nitrogens is 4. The maximum absolute atomic E-state index is 6.27. The van der Waals surface area contributed by atoms with E-state index in [1.165, 1.54) is 0 Å². The molecule has 0 aliphatic heterocycles. The molecule has 0 saturated heterocycles. The largest absolute Gasteiger partial charge is 0.308 e. The Morgan fingerprint density at radius 1 is 1.35 bits per heavy atom. The van der Waals surface area contributed by atoms with Crippen LogP contribution in [0.5, 0.6) is 0 Å². The minimum atomic E-state index is 0.0538. The van der Waals surface area contributed by atoms with Gasteiger partial charge in [0.15, 0.2) is 0 Å². The Morgan fingerprint density at radius 2 is 2.20 bits per heavy atom. The summed E-state index contributed by atoms with van der Waals surface area (Å²) in [6, 6.07) is 3.77.